The number of rotatable bonds is 7. The highest BCUT2D eigenvalue weighted by atomic mass is 16.7. The average molecular weight is 500 g/mol. The minimum absolute atomic E-state index is 0.0275. The van der Waals surface area contributed by atoms with E-state index in [0.717, 1.165) is 0 Å². The van der Waals surface area contributed by atoms with E-state index in [2.05, 4.69) is 10.5 Å². The molecule has 11 nitrogen and oxygen atoms in total. The minimum atomic E-state index is -0.559. The van der Waals surface area contributed by atoms with Gasteiger partial charge < -0.3 is 18.9 Å². The van der Waals surface area contributed by atoms with E-state index in [0.29, 0.717) is 45.0 Å². The molecule has 3 aromatic carbocycles. The Bertz CT molecular complexity index is 1570. The number of nitro groups is 1. The molecule has 0 radical (unpaired) electrons. The van der Waals surface area contributed by atoms with Gasteiger partial charge in [-0.15, -0.1) is 0 Å². The number of carbonyl (C=O) groups is 1. The average Bonchev–Trinajstić information content (AvgIpc) is 3.39. The Labute approximate surface area is 210 Å². The molecule has 0 atom stereocenters. The number of nitrogens with one attached hydrogen (secondary N) is 1. The Kier molecular flexibility index (Phi) is 6.25. The number of fused-ring (bicyclic) bond motifs is 2. The molecule has 0 fully saturated rings. The van der Waals surface area contributed by atoms with E-state index in [-0.39, 0.29) is 23.8 Å². The van der Waals surface area contributed by atoms with Crippen LogP contribution in [-0.4, -0.2) is 43.0 Å². The zero-order valence-corrected chi connectivity index (χ0v) is 19.8. The molecule has 1 aliphatic heterocycles. The second kappa shape index (κ2) is 9.82. The van der Waals surface area contributed by atoms with Gasteiger partial charge in [-0.2, -0.15) is 5.10 Å². The first kappa shape index (κ1) is 23.5. The molecule has 37 heavy (non-hydrogen) atoms. The van der Waals surface area contributed by atoms with Crippen molar-refractivity contribution in [3.8, 4) is 34.3 Å². The normalized spacial score (nSPS) is 12.1. The summed E-state index contributed by atoms with van der Waals surface area (Å²) in [6.07, 6.45) is 1.19. The summed E-state index contributed by atoms with van der Waals surface area (Å²) in [5.41, 5.74) is 4.47. The van der Waals surface area contributed by atoms with Crippen molar-refractivity contribution in [2.75, 3.05) is 21.0 Å². The first-order valence-corrected chi connectivity index (χ1v) is 11.0. The maximum absolute atomic E-state index is 13.2. The van der Waals surface area contributed by atoms with Gasteiger partial charge in [0.05, 0.1) is 53.8 Å². The molecular weight excluding hydrogens is 480 g/mol. The number of hydrogen-bond acceptors (Lipinski definition) is 9. The molecular formula is C26H20N4O7. The fraction of sp³-hybridized carbons (Fsp3) is 0.115. The van der Waals surface area contributed by atoms with Crippen LogP contribution in [-0.2, 0) is 0 Å². The molecule has 1 aliphatic rings. The number of pyridine rings is 1. The van der Waals surface area contributed by atoms with Crippen molar-refractivity contribution in [3.05, 3.63) is 81.9 Å². The van der Waals surface area contributed by atoms with Gasteiger partial charge in [-0.1, -0.05) is 18.2 Å². The standard InChI is InChI=1S/C26H20N4O7/c1-34-16-7-8-18(23(10-16)35-2)21-11-19(17-5-3-4-6-20(17)28-21)26(31)29-27-13-15-9-24-25(37-14-36-24)12-22(15)30(32)33/h3-13H,14H2,1-2H3,(H,29,31)/b27-13-. The summed E-state index contributed by atoms with van der Waals surface area (Å²) in [6.45, 7) is -0.0275. The number of amides is 1. The summed E-state index contributed by atoms with van der Waals surface area (Å²) in [5.74, 6) is 1.26. The van der Waals surface area contributed by atoms with Gasteiger partial charge in [0.1, 0.15) is 11.5 Å². The summed E-state index contributed by atoms with van der Waals surface area (Å²) in [4.78, 5) is 28.8. The van der Waals surface area contributed by atoms with Crippen molar-refractivity contribution < 1.29 is 28.7 Å². The molecule has 2 heterocycles. The molecule has 1 amide bonds. The van der Waals surface area contributed by atoms with Gasteiger partial charge in [-0.05, 0) is 30.3 Å². The number of ether oxygens (including phenoxy) is 4. The fourth-order valence-corrected chi connectivity index (χ4v) is 3.94. The Balaban J connectivity index is 1.49. The summed E-state index contributed by atoms with van der Waals surface area (Å²) in [5, 5.41) is 16.1. The Hall–Kier alpha value is -5.19. The van der Waals surface area contributed by atoms with Crippen molar-refractivity contribution in [2.45, 2.75) is 0 Å². The third-order valence-electron chi connectivity index (χ3n) is 5.73. The van der Waals surface area contributed by atoms with Crippen molar-refractivity contribution in [2.24, 2.45) is 5.10 Å². The van der Waals surface area contributed by atoms with Crippen LogP contribution in [0.5, 0.6) is 23.0 Å². The number of aromatic nitrogens is 1. The van der Waals surface area contributed by atoms with Crippen LogP contribution in [0.2, 0.25) is 0 Å². The van der Waals surface area contributed by atoms with Gasteiger partial charge in [-0.3, -0.25) is 14.9 Å². The van der Waals surface area contributed by atoms with Crippen LogP contribution in [0.25, 0.3) is 22.2 Å². The smallest absolute Gasteiger partial charge is 0.282 e. The molecule has 1 N–H and O–H groups in total. The predicted octanol–water partition coefficient (Wildman–Crippen LogP) is 4.32. The third kappa shape index (κ3) is 4.57. The Morgan fingerprint density at radius 3 is 2.62 bits per heavy atom. The number of benzene rings is 3. The number of nitro benzene ring substituents is 1. The highest BCUT2D eigenvalue weighted by Crippen LogP contribution is 2.37. The van der Waals surface area contributed by atoms with E-state index in [1.54, 1.807) is 49.6 Å². The zero-order valence-electron chi connectivity index (χ0n) is 19.8. The quantitative estimate of drug-likeness (QED) is 0.225. The lowest BCUT2D eigenvalue weighted by molar-refractivity contribution is -0.385. The van der Waals surface area contributed by atoms with Crippen LogP contribution in [0.4, 0.5) is 5.69 Å². The van der Waals surface area contributed by atoms with E-state index in [1.807, 2.05) is 6.07 Å². The number of hydrazone groups is 1. The molecule has 4 aromatic rings. The molecule has 0 spiro atoms. The van der Waals surface area contributed by atoms with Crippen LogP contribution in [0.15, 0.2) is 65.8 Å². The molecule has 11 heteroatoms. The summed E-state index contributed by atoms with van der Waals surface area (Å²) >= 11 is 0. The molecule has 5 rings (SSSR count). The monoisotopic (exact) mass is 500 g/mol. The molecule has 0 aliphatic carbocycles. The van der Waals surface area contributed by atoms with Crippen LogP contribution in [0, 0.1) is 10.1 Å². The summed E-state index contributed by atoms with van der Waals surface area (Å²) in [6, 6.07) is 16.8. The first-order chi connectivity index (χ1) is 18.0. The van der Waals surface area contributed by atoms with E-state index in [4.69, 9.17) is 23.9 Å². The van der Waals surface area contributed by atoms with Crippen molar-refractivity contribution >= 4 is 28.7 Å². The van der Waals surface area contributed by atoms with Crippen LogP contribution < -0.4 is 24.4 Å². The molecule has 1 aromatic heterocycles. The van der Waals surface area contributed by atoms with Crippen LogP contribution >= 0.6 is 0 Å². The largest absolute Gasteiger partial charge is 0.497 e. The fourth-order valence-electron chi connectivity index (χ4n) is 3.94. The minimum Gasteiger partial charge on any atom is -0.497 e. The lowest BCUT2D eigenvalue weighted by atomic mass is 10.0. The molecule has 0 unspecified atom stereocenters. The lowest BCUT2D eigenvalue weighted by Crippen LogP contribution is -2.18. The van der Waals surface area contributed by atoms with Gasteiger partial charge in [0, 0.05) is 17.0 Å². The summed E-state index contributed by atoms with van der Waals surface area (Å²) in [7, 11) is 3.10. The third-order valence-corrected chi connectivity index (χ3v) is 5.73. The highest BCUT2D eigenvalue weighted by Gasteiger charge is 2.23. The number of para-hydroxylation sites is 1. The maximum Gasteiger partial charge on any atom is 0.282 e. The lowest BCUT2D eigenvalue weighted by Gasteiger charge is -2.12. The number of methoxy groups -OCH3 is 2. The van der Waals surface area contributed by atoms with Crippen LogP contribution in [0.3, 0.4) is 0 Å². The van der Waals surface area contributed by atoms with Gasteiger partial charge in [0.25, 0.3) is 11.6 Å². The highest BCUT2D eigenvalue weighted by molar-refractivity contribution is 6.07. The van der Waals surface area contributed by atoms with Gasteiger partial charge in [-0.25, -0.2) is 10.4 Å². The van der Waals surface area contributed by atoms with Crippen molar-refractivity contribution in [1.29, 1.82) is 0 Å². The molecule has 0 bridgehead atoms. The van der Waals surface area contributed by atoms with Gasteiger partial charge >= 0.3 is 0 Å². The first-order valence-electron chi connectivity index (χ1n) is 11.0. The SMILES string of the molecule is COc1ccc(-c2cc(C(=O)N/N=C\c3cc4c(cc3[N+](=O)[O-])OCO4)c3ccccc3n2)c(OC)c1. The van der Waals surface area contributed by atoms with Gasteiger partial charge in [0.2, 0.25) is 6.79 Å². The van der Waals surface area contributed by atoms with E-state index < -0.39 is 10.8 Å². The Morgan fingerprint density at radius 1 is 1.08 bits per heavy atom. The van der Waals surface area contributed by atoms with E-state index >= 15 is 0 Å². The molecule has 0 saturated heterocycles. The zero-order chi connectivity index (χ0) is 25.9. The molecule has 0 saturated carbocycles. The van der Waals surface area contributed by atoms with Crippen LogP contribution in [0.1, 0.15) is 15.9 Å². The second-order valence-corrected chi connectivity index (χ2v) is 7.86. The number of carbonyl (C=O) groups excluding carboxylic acids is 1. The van der Waals surface area contributed by atoms with E-state index in [9.17, 15) is 14.9 Å². The van der Waals surface area contributed by atoms with Gasteiger partial charge in [0.15, 0.2) is 11.5 Å². The maximum atomic E-state index is 13.2. The molecule has 186 valence electrons. The Morgan fingerprint density at radius 2 is 1.86 bits per heavy atom. The number of hydrogen-bond donors (Lipinski definition) is 1. The number of nitrogens with zero attached hydrogens (tertiary/aromatic N) is 3. The van der Waals surface area contributed by atoms with Crippen molar-refractivity contribution in [1.82, 2.24) is 10.4 Å². The summed E-state index contributed by atoms with van der Waals surface area (Å²) < 4.78 is 21.3. The predicted molar refractivity (Wildman–Crippen MR) is 135 cm³/mol. The topological polar surface area (TPSA) is 134 Å². The second-order valence-electron chi connectivity index (χ2n) is 7.86. The van der Waals surface area contributed by atoms with Crippen molar-refractivity contribution in [3.63, 3.8) is 0 Å². The van der Waals surface area contributed by atoms with E-state index in [1.165, 1.54) is 25.5 Å².